The molecule has 1 amide bonds. The molecule has 1 aromatic heterocycles. The van der Waals surface area contributed by atoms with Crippen molar-refractivity contribution in [2.75, 3.05) is 26.2 Å². The number of aromatic nitrogens is 2. The minimum absolute atomic E-state index is 0.179. The number of hydrogen-bond donors (Lipinski definition) is 0. The van der Waals surface area contributed by atoms with E-state index in [1.807, 2.05) is 11.6 Å². The number of fused-ring (bicyclic) bond motifs is 4. The van der Waals surface area contributed by atoms with Gasteiger partial charge in [-0.15, -0.1) is 0 Å². The van der Waals surface area contributed by atoms with Crippen LogP contribution in [0.5, 0.6) is 0 Å². The average Bonchev–Trinajstić information content (AvgIpc) is 2.88. The molecule has 2 aromatic rings. The van der Waals surface area contributed by atoms with Crippen molar-refractivity contribution in [2.24, 2.45) is 5.92 Å². The number of amides is 1. The normalized spacial score (nSPS) is 22.4. The Morgan fingerprint density at radius 3 is 2.71 bits per heavy atom. The fraction of sp³-hybridized carbons (Fsp3) is 0.565. The second-order valence-electron chi connectivity index (χ2n) is 8.36. The first-order valence-corrected chi connectivity index (χ1v) is 10.8. The number of nitrogens with zero attached hydrogens (tertiary/aromatic N) is 4. The van der Waals surface area contributed by atoms with Crippen molar-refractivity contribution in [1.82, 2.24) is 19.6 Å². The van der Waals surface area contributed by atoms with Crippen LogP contribution in [0, 0.1) is 12.8 Å². The number of carbonyl (C=O) groups excluding carboxylic acids is 1. The van der Waals surface area contributed by atoms with Crippen LogP contribution < -0.4 is 0 Å². The van der Waals surface area contributed by atoms with E-state index < -0.39 is 0 Å². The first kappa shape index (κ1) is 19.2. The predicted octanol–water partition coefficient (Wildman–Crippen LogP) is 3.38. The van der Waals surface area contributed by atoms with E-state index in [0.717, 1.165) is 56.8 Å². The van der Waals surface area contributed by atoms with Gasteiger partial charge in [-0.05, 0) is 57.6 Å². The Balaban J connectivity index is 1.39. The summed E-state index contributed by atoms with van der Waals surface area (Å²) in [6, 6.07) is 11.1. The maximum absolute atomic E-state index is 13.3. The molecule has 2 atom stereocenters. The van der Waals surface area contributed by atoms with E-state index in [9.17, 15) is 4.79 Å². The van der Waals surface area contributed by atoms with Gasteiger partial charge in [0.15, 0.2) is 0 Å². The molecule has 5 heteroatoms. The Kier molecular flexibility index (Phi) is 5.81. The molecule has 5 rings (SSSR count). The summed E-state index contributed by atoms with van der Waals surface area (Å²) < 4.78 is 1.92. The smallest absolute Gasteiger partial charge is 0.257 e. The van der Waals surface area contributed by atoms with E-state index in [1.165, 1.54) is 18.4 Å². The zero-order valence-corrected chi connectivity index (χ0v) is 17.2. The van der Waals surface area contributed by atoms with Crippen LogP contribution in [0.2, 0.25) is 0 Å². The van der Waals surface area contributed by atoms with Gasteiger partial charge in [0.1, 0.15) is 0 Å². The van der Waals surface area contributed by atoms with Crippen LogP contribution in [-0.2, 0) is 13.0 Å². The van der Waals surface area contributed by atoms with E-state index in [1.54, 1.807) is 6.20 Å². The number of hydrogen-bond acceptors (Lipinski definition) is 3. The van der Waals surface area contributed by atoms with E-state index in [-0.39, 0.29) is 5.91 Å². The van der Waals surface area contributed by atoms with E-state index in [4.69, 9.17) is 0 Å². The largest absolute Gasteiger partial charge is 0.334 e. The lowest BCUT2D eigenvalue weighted by molar-refractivity contribution is 0.0584. The van der Waals surface area contributed by atoms with Gasteiger partial charge in [-0.3, -0.25) is 9.48 Å². The molecule has 4 heterocycles. The average molecular weight is 381 g/mol. The van der Waals surface area contributed by atoms with Crippen molar-refractivity contribution in [2.45, 2.75) is 52.1 Å². The maximum Gasteiger partial charge on any atom is 0.257 e. The van der Waals surface area contributed by atoms with Gasteiger partial charge < -0.3 is 9.80 Å². The molecule has 0 radical (unpaired) electrons. The van der Waals surface area contributed by atoms with Crippen LogP contribution in [0.3, 0.4) is 0 Å². The Morgan fingerprint density at radius 1 is 1.14 bits per heavy atom. The minimum Gasteiger partial charge on any atom is -0.334 e. The molecule has 0 aliphatic carbocycles. The van der Waals surface area contributed by atoms with E-state index >= 15 is 0 Å². The summed E-state index contributed by atoms with van der Waals surface area (Å²) in [5, 5.41) is 4.38. The quantitative estimate of drug-likeness (QED) is 0.771. The molecule has 3 fully saturated rings. The lowest BCUT2D eigenvalue weighted by atomic mass is 9.94. The molecule has 0 unspecified atom stereocenters. The third kappa shape index (κ3) is 4.00. The third-order valence-electron chi connectivity index (χ3n) is 6.47. The molecule has 3 aliphatic heterocycles. The lowest BCUT2D eigenvalue weighted by Gasteiger charge is -2.36. The summed E-state index contributed by atoms with van der Waals surface area (Å²) in [5.74, 6) is 0.777. The van der Waals surface area contributed by atoms with Crippen molar-refractivity contribution in [3.63, 3.8) is 0 Å². The van der Waals surface area contributed by atoms with Crippen molar-refractivity contribution in [1.29, 1.82) is 0 Å². The monoisotopic (exact) mass is 380 g/mol. The van der Waals surface area contributed by atoms with Gasteiger partial charge in [-0.1, -0.05) is 30.3 Å². The zero-order valence-electron chi connectivity index (χ0n) is 17.2. The zero-order chi connectivity index (χ0) is 19.5. The molecule has 1 aromatic carbocycles. The molecule has 3 aliphatic rings. The summed E-state index contributed by atoms with van der Waals surface area (Å²) >= 11 is 0. The highest BCUT2D eigenvalue weighted by Crippen LogP contribution is 2.30. The first-order chi connectivity index (χ1) is 13.7. The minimum atomic E-state index is 0.179. The summed E-state index contributed by atoms with van der Waals surface area (Å²) in [6.45, 7) is 9.04. The Bertz CT molecular complexity index is 800. The molecule has 5 nitrogen and oxygen atoms in total. The molecule has 150 valence electrons. The Morgan fingerprint density at radius 2 is 1.96 bits per heavy atom. The second kappa shape index (κ2) is 8.48. The van der Waals surface area contributed by atoms with Gasteiger partial charge in [-0.2, -0.15) is 5.10 Å². The van der Waals surface area contributed by atoms with Crippen molar-refractivity contribution in [3.05, 3.63) is 53.3 Å². The molecule has 0 saturated carbocycles. The molecule has 0 N–H and O–H groups in total. The number of benzene rings is 1. The fourth-order valence-corrected chi connectivity index (χ4v) is 4.89. The second-order valence-corrected chi connectivity index (χ2v) is 8.36. The first-order valence-electron chi connectivity index (χ1n) is 10.8. The van der Waals surface area contributed by atoms with Crippen molar-refractivity contribution < 1.29 is 4.79 Å². The van der Waals surface area contributed by atoms with Crippen LogP contribution in [0.25, 0.3) is 0 Å². The molecule has 0 spiro atoms. The van der Waals surface area contributed by atoms with Crippen LogP contribution in [0.4, 0.5) is 0 Å². The standard InChI is InChI=1S/C23H32N4O/c1-3-27-18(2)22(14-24-27)23(28)26-16-20-11-12-21(26)17-25(15-20)13-7-10-19-8-5-4-6-9-19/h4-6,8-9,14,20-21H,3,7,10-13,15-17H2,1-2H3/t20-,21+/m0/s1. The molecule has 2 bridgehead atoms. The Hall–Kier alpha value is -2.14. The highest BCUT2D eigenvalue weighted by atomic mass is 16.2. The van der Waals surface area contributed by atoms with Crippen molar-refractivity contribution in [3.8, 4) is 0 Å². The van der Waals surface area contributed by atoms with E-state index in [0.29, 0.717) is 12.0 Å². The van der Waals surface area contributed by atoms with E-state index in [2.05, 4.69) is 52.2 Å². The van der Waals surface area contributed by atoms with Gasteiger partial charge in [-0.25, -0.2) is 0 Å². The molecular weight excluding hydrogens is 348 g/mol. The fourth-order valence-electron chi connectivity index (χ4n) is 4.89. The van der Waals surface area contributed by atoms with Gasteiger partial charge in [0, 0.05) is 37.9 Å². The summed E-state index contributed by atoms with van der Waals surface area (Å²) in [6.07, 6.45) is 6.45. The van der Waals surface area contributed by atoms with Crippen LogP contribution in [0.15, 0.2) is 36.5 Å². The van der Waals surface area contributed by atoms with Crippen LogP contribution in [0.1, 0.15) is 47.8 Å². The summed E-state index contributed by atoms with van der Waals surface area (Å²) in [4.78, 5) is 18.0. The van der Waals surface area contributed by atoms with Gasteiger partial charge in [0.05, 0.1) is 11.8 Å². The van der Waals surface area contributed by atoms with Crippen LogP contribution in [-0.4, -0.2) is 57.7 Å². The number of rotatable bonds is 6. The maximum atomic E-state index is 13.3. The highest BCUT2D eigenvalue weighted by Gasteiger charge is 2.38. The third-order valence-corrected chi connectivity index (χ3v) is 6.47. The van der Waals surface area contributed by atoms with Gasteiger partial charge in [0.2, 0.25) is 0 Å². The molecule has 3 saturated heterocycles. The summed E-state index contributed by atoms with van der Waals surface area (Å²) in [7, 11) is 0. The van der Waals surface area contributed by atoms with Crippen molar-refractivity contribution >= 4 is 5.91 Å². The van der Waals surface area contributed by atoms with Crippen LogP contribution >= 0.6 is 0 Å². The number of carbonyl (C=O) groups is 1. The number of aryl methyl sites for hydroxylation is 2. The summed E-state index contributed by atoms with van der Waals surface area (Å²) in [5.41, 5.74) is 3.19. The number of piperidine rings is 1. The lowest BCUT2D eigenvalue weighted by Crippen LogP contribution is -2.47. The predicted molar refractivity (Wildman–Crippen MR) is 111 cm³/mol. The highest BCUT2D eigenvalue weighted by molar-refractivity contribution is 5.95. The SMILES string of the molecule is CCn1ncc(C(=O)N2C[C@H]3CC[C@@H]2CN(CCCc2ccccc2)C3)c1C. The Labute approximate surface area is 168 Å². The topological polar surface area (TPSA) is 41.4 Å². The van der Waals surface area contributed by atoms with Gasteiger partial charge >= 0.3 is 0 Å². The molecular formula is C23H32N4O. The van der Waals surface area contributed by atoms with Gasteiger partial charge in [0.25, 0.3) is 5.91 Å². The molecule has 28 heavy (non-hydrogen) atoms.